The van der Waals surface area contributed by atoms with Crippen molar-refractivity contribution in [1.29, 1.82) is 5.41 Å². The molecule has 0 radical (unpaired) electrons. The topological polar surface area (TPSA) is 55.8 Å². The smallest absolute Gasteiger partial charge is 0.360 e. The molecule has 2 N–H and O–H groups in total. The lowest BCUT2D eigenvalue weighted by molar-refractivity contribution is -0.142. The van der Waals surface area contributed by atoms with Crippen LogP contribution in [0.4, 0.5) is 26.3 Å². The van der Waals surface area contributed by atoms with Gasteiger partial charge < -0.3 is 9.88 Å². The number of H-pyrrole nitrogens is 1. The summed E-state index contributed by atoms with van der Waals surface area (Å²) in [5, 5.41) is 7.46. The van der Waals surface area contributed by atoms with E-state index in [1.807, 2.05) is 0 Å². The molecule has 1 saturated heterocycles. The van der Waals surface area contributed by atoms with Crippen molar-refractivity contribution in [3.63, 3.8) is 0 Å². The van der Waals surface area contributed by atoms with Crippen LogP contribution < -0.4 is 0 Å². The van der Waals surface area contributed by atoms with Crippen molar-refractivity contribution < 1.29 is 26.3 Å². The molecule has 1 aromatic carbocycles. The molecule has 25 heavy (non-hydrogen) atoms. The number of aromatic amines is 1. The van der Waals surface area contributed by atoms with E-state index in [0.717, 1.165) is 0 Å². The zero-order valence-electron chi connectivity index (χ0n) is 13.0. The Morgan fingerprint density at radius 3 is 2.36 bits per heavy atom. The molecular weight excluding hydrogens is 350 g/mol. The van der Waals surface area contributed by atoms with Crippen LogP contribution >= 0.6 is 0 Å². The van der Waals surface area contributed by atoms with Crippen molar-refractivity contribution in [2.75, 3.05) is 13.1 Å². The fourth-order valence-electron chi connectivity index (χ4n) is 2.89. The van der Waals surface area contributed by atoms with Crippen molar-refractivity contribution in [1.82, 2.24) is 14.9 Å². The molecule has 0 amide bonds. The minimum absolute atomic E-state index is 0.0937. The molecule has 0 aliphatic carbocycles. The lowest BCUT2D eigenvalue weighted by atomic mass is 9.96. The first-order valence-electron chi connectivity index (χ1n) is 7.42. The van der Waals surface area contributed by atoms with Gasteiger partial charge in [0.2, 0.25) is 0 Å². The van der Waals surface area contributed by atoms with Gasteiger partial charge in [-0.15, -0.1) is 0 Å². The molecule has 1 aliphatic heterocycles. The summed E-state index contributed by atoms with van der Waals surface area (Å²) >= 11 is 0. The van der Waals surface area contributed by atoms with E-state index in [4.69, 9.17) is 5.41 Å². The molecule has 4 nitrogen and oxygen atoms in total. The van der Waals surface area contributed by atoms with Crippen LogP contribution in [0, 0.1) is 11.3 Å². The monoisotopic (exact) mass is 364 g/mol. The van der Waals surface area contributed by atoms with Crippen molar-refractivity contribution in [2.45, 2.75) is 25.7 Å². The molecular formula is C15H14F6N4. The van der Waals surface area contributed by atoms with Crippen LogP contribution in [0.15, 0.2) is 12.1 Å². The van der Waals surface area contributed by atoms with E-state index in [2.05, 4.69) is 9.97 Å². The molecule has 1 aliphatic rings. The number of amidine groups is 1. The second kappa shape index (κ2) is 5.63. The van der Waals surface area contributed by atoms with Crippen molar-refractivity contribution in [2.24, 2.45) is 5.92 Å². The van der Waals surface area contributed by atoms with Gasteiger partial charge in [-0.3, -0.25) is 5.41 Å². The molecule has 0 bridgehead atoms. The summed E-state index contributed by atoms with van der Waals surface area (Å²) in [7, 11) is 0. The first-order valence-corrected chi connectivity index (χ1v) is 7.42. The third-order valence-corrected chi connectivity index (χ3v) is 4.18. The van der Waals surface area contributed by atoms with Gasteiger partial charge in [0.25, 0.3) is 0 Å². The van der Waals surface area contributed by atoms with Crippen LogP contribution in [0.5, 0.6) is 0 Å². The molecule has 10 heteroatoms. The van der Waals surface area contributed by atoms with Gasteiger partial charge in [-0.2, -0.15) is 26.3 Å². The van der Waals surface area contributed by atoms with Gasteiger partial charge in [0.1, 0.15) is 11.3 Å². The van der Waals surface area contributed by atoms with E-state index in [-0.39, 0.29) is 23.3 Å². The molecule has 1 fully saturated rings. The van der Waals surface area contributed by atoms with Gasteiger partial charge in [-0.1, -0.05) is 0 Å². The van der Waals surface area contributed by atoms with Gasteiger partial charge in [0.05, 0.1) is 22.5 Å². The fourth-order valence-corrected chi connectivity index (χ4v) is 2.89. The van der Waals surface area contributed by atoms with E-state index in [1.54, 1.807) is 11.8 Å². The summed E-state index contributed by atoms with van der Waals surface area (Å²) in [4.78, 5) is 8.25. The minimum atomic E-state index is -4.93. The van der Waals surface area contributed by atoms with Crippen molar-refractivity contribution >= 4 is 16.9 Å². The Bertz CT molecular complexity index is 814. The number of nitrogens with one attached hydrogen (secondary N) is 2. The number of fused-ring (bicyclic) bond motifs is 1. The Morgan fingerprint density at radius 1 is 1.20 bits per heavy atom. The lowest BCUT2D eigenvalue weighted by Gasteiger charge is -2.39. The summed E-state index contributed by atoms with van der Waals surface area (Å²) in [5.74, 6) is 0.708. The predicted molar refractivity (Wildman–Crippen MR) is 78.3 cm³/mol. The van der Waals surface area contributed by atoms with Crippen molar-refractivity contribution in [3.05, 3.63) is 29.1 Å². The number of likely N-dealkylation sites (tertiary alicyclic amines) is 1. The largest absolute Gasteiger partial charge is 0.418 e. The number of aromatic nitrogens is 2. The van der Waals surface area contributed by atoms with Crippen LogP contribution in [0.3, 0.4) is 0 Å². The van der Waals surface area contributed by atoms with Gasteiger partial charge in [0, 0.05) is 25.4 Å². The number of halogens is 6. The van der Waals surface area contributed by atoms with Crippen LogP contribution in [-0.2, 0) is 18.8 Å². The second-order valence-corrected chi connectivity index (χ2v) is 6.16. The van der Waals surface area contributed by atoms with Crippen molar-refractivity contribution in [3.8, 4) is 0 Å². The number of alkyl halides is 6. The highest BCUT2D eigenvalue weighted by atomic mass is 19.4. The zero-order valence-corrected chi connectivity index (χ0v) is 13.0. The predicted octanol–water partition coefficient (Wildman–Crippen LogP) is 4.07. The van der Waals surface area contributed by atoms with E-state index in [0.29, 0.717) is 31.4 Å². The highest BCUT2D eigenvalue weighted by molar-refractivity contribution is 5.81. The molecule has 136 valence electrons. The summed E-state index contributed by atoms with van der Waals surface area (Å²) < 4.78 is 77.9. The van der Waals surface area contributed by atoms with Gasteiger partial charge in [0.15, 0.2) is 0 Å². The zero-order chi connectivity index (χ0) is 18.6. The van der Waals surface area contributed by atoms with Crippen LogP contribution in [0.25, 0.3) is 11.0 Å². The number of imidazole rings is 1. The number of benzene rings is 1. The summed E-state index contributed by atoms with van der Waals surface area (Å²) in [5.41, 5.74) is -3.55. The van der Waals surface area contributed by atoms with E-state index in [1.165, 1.54) is 0 Å². The highest BCUT2D eigenvalue weighted by Crippen LogP contribution is 2.39. The Morgan fingerprint density at radius 2 is 1.84 bits per heavy atom. The highest BCUT2D eigenvalue weighted by Gasteiger charge is 2.39. The first kappa shape index (κ1) is 17.6. The quantitative estimate of drug-likeness (QED) is 0.479. The van der Waals surface area contributed by atoms with Gasteiger partial charge in [-0.25, -0.2) is 4.98 Å². The Labute approximate surface area is 138 Å². The number of hydrogen-bond acceptors (Lipinski definition) is 2. The van der Waals surface area contributed by atoms with Gasteiger partial charge >= 0.3 is 12.4 Å². The Kier molecular flexibility index (Phi) is 3.96. The average molecular weight is 364 g/mol. The molecule has 0 spiro atoms. The van der Waals surface area contributed by atoms with E-state index in [9.17, 15) is 26.3 Å². The maximum absolute atomic E-state index is 13.1. The molecule has 0 unspecified atom stereocenters. The average Bonchev–Trinajstić information content (AvgIpc) is 2.80. The molecule has 3 rings (SSSR count). The maximum Gasteiger partial charge on any atom is 0.418 e. The molecule has 2 heterocycles. The standard InChI is InChI=1S/C15H14F6N4/c1-7(22)25-5-8(6-25)2-12-23-11-4-9(14(16,17)18)3-10(13(11)24-12)15(19,20)21/h3-4,8,22H,2,5-6H2,1H3,(H,23,24). The van der Waals surface area contributed by atoms with Crippen LogP contribution in [0.1, 0.15) is 23.9 Å². The third-order valence-electron chi connectivity index (χ3n) is 4.18. The SMILES string of the molecule is CC(=N)N1CC(Cc2nc3c(C(F)(F)F)cc(C(F)(F)F)cc3[nH]2)C1. The number of nitrogens with zero attached hydrogens (tertiary/aromatic N) is 2. The normalized spacial score (nSPS) is 16.4. The van der Waals surface area contributed by atoms with Gasteiger partial charge in [-0.05, 0) is 19.1 Å². The number of rotatable bonds is 2. The first-order chi connectivity index (χ1) is 11.4. The van der Waals surface area contributed by atoms with Crippen LogP contribution in [-0.4, -0.2) is 33.8 Å². The van der Waals surface area contributed by atoms with E-state index < -0.39 is 29.0 Å². The lowest BCUT2D eigenvalue weighted by Crippen LogP contribution is -2.49. The summed E-state index contributed by atoms with van der Waals surface area (Å²) in [6.45, 7) is 2.78. The molecule has 2 aromatic rings. The molecule has 0 saturated carbocycles. The summed E-state index contributed by atoms with van der Waals surface area (Å²) in [6, 6.07) is 0.742. The molecule has 1 aromatic heterocycles. The Balaban J connectivity index is 1.95. The summed E-state index contributed by atoms with van der Waals surface area (Å²) in [6.07, 6.45) is -9.50. The minimum Gasteiger partial charge on any atom is -0.360 e. The maximum atomic E-state index is 13.1. The Hall–Kier alpha value is -2.26. The fraction of sp³-hybridized carbons (Fsp3) is 0.467. The van der Waals surface area contributed by atoms with E-state index >= 15 is 0 Å². The van der Waals surface area contributed by atoms with Crippen LogP contribution in [0.2, 0.25) is 0 Å². The molecule has 0 atom stereocenters. The third kappa shape index (κ3) is 3.42. The number of hydrogen-bond donors (Lipinski definition) is 2. The second-order valence-electron chi connectivity index (χ2n) is 6.16.